The third kappa shape index (κ3) is 2.90. The summed E-state index contributed by atoms with van der Waals surface area (Å²) in [6.07, 6.45) is 1.76. The maximum atomic E-state index is 13.1. The highest BCUT2D eigenvalue weighted by atomic mass is 16.2. The predicted molar refractivity (Wildman–Crippen MR) is 105 cm³/mol. The van der Waals surface area contributed by atoms with Gasteiger partial charge in [0.15, 0.2) is 0 Å². The monoisotopic (exact) mass is 350 g/mol. The minimum absolute atomic E-state index is 0.00705. The van der Waals surface area contributed by atoms with Crippen LogP contribution in [-0.4, -0.2) is 24.3 Å². The van der Waals surface area contributed by atoms with Crippen molar-refractivity contribution in [3.8, 4) is 0 Å². The number of benzene rings is 2. The van der Waals surface area contributed by atoms with E-state index >= 15 is 0 Å². The van der Waals surface area contributed by atoms with Gasteiger partial charge in [-0.3, -0.25) is 9.59 Å². The average Bonchev–Trinajstić information content (AvgIpc) is 3.09. The molecule has 4 nitrogen and oxygen atoms in total. The van der Waals surface area contributed by atoms with Gasteiger partial charge in [-0.1, -0.05) is 24.6 Å². The molecule has 0 aromatic heterocycles. The summed E-state index contributed by atoms with van der Waals surface area (Å²) in [7, 11) is 1.85. The third-order valence-electron chi connectivity index (χ3n) is 5.53. The molecule has 0 fully saturated rings. The smallest absolute Gasteiger partial charge is 0.258 e. The zero-order chi connectivity index (χ0) is 19.0. The molecule has 0 saturated carbocycles. The van der Waals surface area contributed by atoms with Crippen LogP contribution in [0.25, 0.3) is 0 Å². The average molecular weight is 350 g/mol. The molecule has 2 aromatic carbocycles. The van der Waals surface area contributed by atoms with Gasteiger partial charge >= 0.3 is 0 Å². The van der Waals surface area contributed by atoms with Crippen LogP contribution in [0.5, 0.6) is 0 Å². The summed E-state index contributed by atoms with van der Waals surface area (Å²) in [6, 6.07) is 7.68. The highest BCUT2D eigenvalue weighted by Crippen LogP contribution is 2.38. The predicted octanol–water partition coefficient (Wildman–Crippen LogP) is 3.92. The van der Waals surface area contributed by atoms with Crippen molar-refractivity contribution in [1.82, 2.24) is 4.90 Å². The molecule has 2 aromatic rings. The fourth-order valence-corrected chi connectivity index (χ4v) is 4.02. The molecular weight excluding hydrogens is 324 g/mol. The Hall–Kier alpha value is -2.62. The van der Waals surface area contributed by atoms with Gasteiger partial charge in [-0.05, 0) is 67.1 Å². The standard InChI is InChI=1S/C22H26N2O2/c1-6-18-15(3)19-11-24(13-25)12-20(19)16(4)21(18)23(5)22(26)17-9-7-14(2)8-10-17/h7-10,13H,6,11-12H2,1-5H3. The van der Waals surface area contributed by atoms with Crippen molar-refractivity contribution in [3.63, 3.8) is 0 Å². The van der Waals surface area contributed by atoms with E-state index in [4.69, 9.17) is 0 Å². The van der Waals surface area contributed by atoms with Crippen molar-refractivity contribution >= 4 is 18.0 Å². The third-order valence-corrected chi connectivity index (χ3v) is 5.53. The fraction of sp³-hybridized carbons (Fsp3) is 0.364. The number of fused-ring (bicyclic) bond motifs is 1. The Morgan fingerprint density at radius 2 is 1.65 bits per heavy atom. The highest BCUT2D eigenvalue weighted by Gasteiger charge is 2.28. The normalized spacial score (nSPS) is 12.9. The summed E-state index contributed by atoms with van der Waals surface area (Å²) in [6.45, 7) is 9.59. The second-order valence-corrected chi connectivity index (χ2v) is 7.13. The lowest BCUT2D eigenvalue weighted by Crippen LogP contribution is -2.28. The van der Waals surface area contributed by atoms with E-state index < -0.39 is 0 Å². The van der Waals surface area contributed by atoms with E-state index in [2.05, 4.69) is 20.8 Å². The van der Waals surface area contributed by atoms with Crippen molar-refractivity contribution in [2.24, 2.45) is 0 Å². The first-order valence-corrected chi connectivity index (χ1v) is 9.06. The summed E-state index contributed by atoms with van der Waals surface area (Å²) in [5.41, 5.74) is 8.74. The quantitative estimate of drug-likeness (QED) is 0.784. The van der Waals surface area contributed by atoms with Gasteiger partial charge < -0.3 is 9.80 Å². The summed E-state index contributed by atoms with van der Waals surface area (Å²) in [4.78, 5) is 27.9. The molecule has 0 bridgehead atoms. The molecule has 1 aliphatic rings. The first kappa shape index (κ1) is 18.2. The summed E-state index contributed by atoms with van der Waals surface area (Å²) in [5.74, 6) is -0.00705. The first-order chi connectivity index (χ1) is 12.4. The Morgan fingerprint density at radius 3 is 2.19 bits per heavy atom. The van der Waals surface area contributed by atoms with Gasteiger partial charge in [0.25, 0.3) is 5.91 Å². The first-order valence-electron chi connectivity index (χ1n) is 9.06. The van der Waals surface area contributed by atoms with Crippen LogP contribution in [0, 0.1) is 20.8 Å². The van der Waals surface area contributed by atoms with Crippen LogP contribution in [0.4, 0.5) is 5.69 Å². The Morgan fingerprint density at radius 1 is 1.08 bits per heavy atom. The van der Waals surface area contributed by atoms with Crippen LogP contribution in [0.2, 0.25) is 0 Å². The van der Waals surface area contributed by atoms with Gasteiger partial charge in [0, 0.05) is 25.7 Å². The minimum Gasteiger partial charge on any atom is -0.337 e. The van der Waals surface area contributed by atoms with Gasteiger partial charge in [0.05, 0.1) is 5.69 Å². The van der Waals surface area contributed by atoms with Gasteiger partial charge in [-0.15, -0.1) is 0 Å². The number of hydrogen-bond donors (Lipinski definition) is 0. The molecular formula is C22H26N2O2. The van der Waals surface area contributed by atoms with Gasteiger partial charge in [0.1, 0.15) is 0 Å². The second-order valence-electron chi connectivity index (χ2n) is 7.13. The number of aryl methyl sites for hydroxylation is 1. The fourth-order valence-electron chi connectivity index (χ4n) is 4.02. The number of amides is 2. The molecule has 4 heteroatoms. The van der Waals surface area contributed by atoms with E-state index in [0.29, 0.717) is 18.7 Å². The summed E-state index contributed by atoms with van der Waals surface area (Å²) >= 11 is 0. The van der Waals surface area contributed by atoms with Gasteiger partial charge in [-0.25, -0.2) is 0 Å². The van der Waals surface area contributed by atoms with Gasteiger partial charge in [0.2, 0.25) is 6.41 Å². The molecule has 0 unspecified atom stereocenters. The van der Waals surface area contributed by atoms with Crippen molar-refractivity contribution in [2.45, 2.75) is 47.2 Å². The molecule has 0 saturated heterocycles. The molecule has 0 radical (unpaired) electrons. The molecule has 0 N–H and O–H groups in total. The van der Waals surface area contributed by atoms with E-state index in [1.807, 2.05) is 38.2 Å². The maximum Gasteiger partial charge on any atom is 0.258 e. The molecule has 26 heavy (non-hydrogen) atoms. The Bertz CT molecular complexity index is 869. The van der Waals surface area contributed by atoms with Crippen molar-refractivity contribution in [2.75, 3.05) is 11.9 Å². The topological polar surface area (TPSA) is 40.6 Å². The van der Waals surface area contributed by atoms with Crippen molar-refractivity contribution < 1.29 is 9.59 Å². The molecule has 0 spiro atoms. The lowest BCUT2D eigenvalue weighted by molar-refractivity contribution is -0.118. The zero-order valence-corrected chi connectivity index (χ0v) is 16.2. The lowest BCUT2D eigenvalue weighted by Gasteiger charge is -2.26. The molecule has 0 atom stereocenters. The van der Waals surface area contributed by atoms with Crippen LogP contribution >= 0.6 is 0 Å². The number of carbonyl (C=O) groups is 2. The summed E-state index contributed by atoms with van der Waals surface area (Å²) in [5, 5.41) is 0. The van der Waals surface area contributed by atoms with Crippen LogP contribution < -0.4 is 4.90 Å². The van der Waals surface area contributed by atoms with E-state index in [1.165, 1.54) is 22.3 Å². The van der Waals surface area contributed by atoms with Crippen molar-refractivity contribution in [1.29, 1.82) is 0 Å². The Labute approximate surface area is 155 Å². The number of carbonyl (C=O) groups excluding carboxylic acids is 2. The van der Waals surface area contributed by atoms with Gasteiger partial charge in [-0.2, -0.15) is 0 Å². The molecule has 0 aliphatic carbocycles. The molecule has 136 valence electrons. The number of rotatable bonds is 4. The Balaban J connectivity index is 2.10. The van der Waals surface area contributed by atoms with Crippen LogP contribution in [0.3, 0.4) is 0 Å². The maximum absolute atomic E-state index is 13.1. The SMILES string of the molecule is CCc1c(C)c2c(c(C)c1N(C)C(=O)c1ccc(C)cc1)CN(C=O)C2. The van der Waals surface area contributed by atoms with E-state index in [1.54, 1.807) is 9.80 Å². The molecule has 1 heterocycles. The van der Waals surface area contributed by atoms with E-state index in [9.17, 15) is 9.59 Å². The largest absolute Gasteiger partial charge is 0.337 e. The van der Waals surface area contributed by atoms with Crippen LogP contribution in [0.15, 0.2) is 24.3 Å². The second kappa shape index (κ2) is 6.94. The summed E-state index contributed by atoms with van der Waals surface area (Å²) < 4.78 is 0. The zero-order valence-electron chi connectivity index (χ0n) is 16.2. The number of nitrogens with zero attached hydrogens (tertiary/aromatic N) is 2. The molecule has 2 amide bonds. The molecule has 1 aliphatic heterocycles. The highest BCUT2D eigenvalue weighted by molar-refractivity contribution is 6.06. The van der Waals surface area contributed by atoms with E-state index in [-0.39, 0.29) is 5.91 Å². The van der Waals surface area contributed by atoms with Crippen LogP contribution in [0.1, 0.15) is 50.7 Å². The van der Waals surface area contributed by atoms with Crippen LogP contribution in [-0.2, 0) is 24.3 Å². The minimum atomic E-state index is -0.00705. The van der Waals surface area contributed by atoms with Crippen molar-refractivity contribution in [3.05, 3.63) is 63.2 Å². The number of hydrogen-bond acceptors (Lipinski definition) is 2. The Kier molecular flexibility index (Phi) is 4.86. The van der Waals surface area contributed by atoms with E-state index in [0.717, 1.165) is 29.6 Å². The number of anilines is 1. The lowest BCUT2D eigenvalue weighted by atomic mass is 9.90. The molecule has 3 rings (SSSR count).